The van der Waals surface area contributed by atoms with E-state index in [0.29, 0.717) is 0 Å². The average Bonchev–Trinajstić information content (AvgIpc) is 2.85. The van der Waals surface area contributed by atoms with Gasteiger partial charge in [0.15, 0.2) is 0 Å². The van der Waals surface area contributed by atoms with Gasteiger partial charge in [-0.3, -0.25) is 10.1 Å². The first-order valence-corrected chi connectivity index (χ1v) is 6.31. The predicted molar refractivity (Wildman–Crippen MR) is 73.2 cm³/mol. The molecule has 20 heavy (non-hydrogen) atoms. The molecule has 0 bridgehead atoms. The van der Waals surface area contributed by atoms with Crippen LogP contribution in [0, 0.1) is 10.1 Å². The van der Waals surface area contributed by atoms with Crippen molar-refractivity contribution in [2.45, 2.75) is 13.5 Å². The molecule has 0 radical (unpaired) electrons. The van der Waals surface area contributed by atoms with Crippen LogP contribution in [0.15, 0.2) is 48.9 Å². The fraction of sp³-hybridized carbons (Fsp3) is 0.143. The van der Waals surface area contributed by atoms with Crippen LogP contribution >= 0.6 is 0 Å². The molecule has 0 N–H and O–H groups in total. The number of rotatable bonds is 3. The van der Waals surface area contributed by atoms with Crippen LogP contribution in [0.1, 0.15) is 6.92 Å². The summed E-state index contributed by atoms with van der Waals surface area (Å²) in [6.07, 6.45) is 5.66. The van der Waals surface area contributed by atoms with Crippen LogP contribution < -0.4 is 4.40 Å². The maximum Gasteiger partial charge on any atom is 0.403 e. The van der Waals surface area contributed by atoms with Gasteiger partial charge in [0.25, 0.3) is 5.69 Å². The molecule has 100 valence electrons. The number of nitro benzene ring substituents is 1. The van der Waals surface area contributed by atoms with Crippen LogP contribution in [0.25, 0.3) is 17.0 Å². The molecule has 0 unspecified atom stereocenters. The van der Waals surface area contributed by atoms with Gasteiger partial charge in [0.1, 0.15) is 18.1 Å². The number of aromatic nitrogens is 3. The summed E-state index contributed by atoms with van der Waals surface area (Å²) in [7, 11) is 0. The SMILES string of the molecule is CCn1c(-c2ccc([N+](=O)[O-])cc2)c[n+]2cccnc12. The first kappa shape index (κ1) is 12.3. The molecule has 0 saturated heterocycles. The minimum atomic E-state index is -0.393. The highest BCUT2D eigenvalue weighted by atomic mass is 16.6. The van der Waals surface area contributed by atoms with E-state index >= 15 is 0 Å². The minimum Gasteiger partial charge on any atom is -0.258 e. The Kier molecular flexibility index (Phi) is 2.90. The summed E-state index contributed by atoms with van der Waals surface area (Å²) >= 11 is 0. The number of benzene rings is 1. The smallest absolute Gasteiger partial charge is 0.258 e. The van der Waals surface area contributed by atoms with Gasteiger partial charge in [-0.05, 0) is 19.1 Å². The third-order valence-electron chi connectivity index (χ3n) is 3.24. The third kappa shape index (κ3) is 1.91. The van der Waals surface area contributed by atoms with E-state index in [4.69, 9.17) is 0 Å². The van der Waals surface area contributed by atoms with Gasteiger partial charge in [0.05, 0.1) is 17.7 Å². The van der Waals surface area contributed by atoms with Crippen molar-refractivity contribution in [1.29, 1.82) is 0 Å². The second-order valence-corrected chi connectivity index (χ2v) is 4.39. The number of hydrogen-bond acceptors (Lipinski definition) is 3. The van der Waals surface area contributed by atoms with Gasteiger partial charge in [-0.15, -0.1) is 0 Å². The lowest BCUT2D eigenvalue weighted by Gasteiger charge is -2.00. The zero-order valence-corrected chi connectivity index (χ0v) is 10.9. The number of aryl methyl sites for hydroxylation is 1. The number of nitro groups is 1. The molecule has 0 aliphatic rings. The fourth-order valence-corrected chi connectivity index (χ4v) is 2.29. The molecule has 0 saturated carbocycles. The first-order chi connectivity index (χ1) is 9.70. The van der Waals surface area contributed by atoms with Gasteiger partial charge in [0.2, 0.25) is 0 Å². The van der Waals surface area contributed by atoms with Crippen molar-refractivity contribution in [1.82, 2.24) is 9.55 Å². The number of non-ortho nitro benzene ring substituents is 1. The zero-order chi connectivity index (χ0) is 14.1. The molecule has 0 aliphatic heterocycles. The molecule has 2 aromatic heterocycles. The Labute approximate surface area is 115 Å². The maximum atomic E-state index is 10.7. The highest BCUT2D eigenvalue weighted by Crippen LogP contribution is 2.22. The molecule has 6 nitrogen and oxygen atoms in total. The topological polar surface area (TPSA) is 65.1 Å². The second-order valence-electron chi connectivity index (χ2n) is 4.39. The van der Waals surface area contributed by atoms with Crippen LogP contribution in [0.5, 0.6) is 0 Å². The summed E-state index contributed by atoms with van der Waals surface area (Å²) in [4.78, 5) is 14.7. The van der Waals surface area contributed by atoms with Crippen molar-refractivity contribution >= 4 is 11.5 Å². The van der Waals surface area contributed by atoms with Crippen molar-refractivity contribution in [2.75, 3.05) is 0 Å². The second kappa shape index (κ2) is 4.73. The van der Waals surface area contributed by atoms with E-state index in [-0.39, 0.29) is 5.69 Å². The van der Waals surface area contributed by atoms with Crippen LogP contribution in [0.3, 0.4) is 0 Å². The lowest BCUT2D eigenvalue weighted by molar-refractivity contribution is -0.513. The van der Waals surface area contributed by atoms with Gasteiger partial charge in [-0.1, -0.05) is 4.98 Å². The summed E-state index contributed by atoms with van der Waals surface area (Å²) < 4.78 is 4.02. The number of imidazole rings is 1. The van der Waals surface area contributed by atoms with Crippen molar-refractivity contribution in [3.8, 4) is 11.3 Å². The lowest BCUT2D eigenvalue weighted by atomic mass is 10.1. The minimum absolute atomic E-state index is 0.0960. The normalized spacial score (nSPS) is 10.8. The zero-order valence-electron chi connectivity index (χ0n) is 10.9. The maximum absolute atomic E-state index is 10.7. The number of fused-ring (bicyclic) bond motifs is 1. The van der Waals surface area contributed by atoms with E-state index < -0.39 is 4.92 Å². The monoisotopic (exact) mass is 269 g/mol. The van der Waals surface area contributed by atoms with Crippen LogP contribution in [0.2, 0.25) is 0 Å². The molecular formula is C14H13N4O2+. The van der Waals surface area contributed by atoms with Crippen LogP contribution in [-0.2, 0) is 6.54 Å². The van der Waals surface area contributed by atoms with E-state index in [1.165, 1.54) is 12.1 Å². The van der Waals surface area contributed by atoms with Crippen LogP contribution in [-0.4, -0.2) is 14.5 Å². The summed E-state index contributed by atoms with van der Waals surface area (Å²) in [6, 6.07) is 8.43. The summed E-state index contributed by atoms with van der Waals surface area (Å²) in [6.45, 7) is 2.82. The Balaban J connectivity index is 2.16. The fourth-order valence-electron chi connectivity index (χ4n) is 2.29. The number of hydrogen-bond donors (Lipinski definition) is 0. The highest BCUT2D eigenvalue weighted by Gasteiger charge is 2.18. The largest absolute Gasteiger partial charge is 0.403 e. The van der Waals surface area contributed by atoms with Gasteiger partial charge in [-0.25, -0.2) is 8.97 Å². The van der Waals surface area contributed by atoms with E-state index in [2.05, 4.69) is 9.55 Å². The lowest BCUT2D eigenvalue weighted by Crippen LogP contribution is -2.19. The molecule has 3 rings (SSSR count). The standard InChI is InChI=1S/C14H13N4O2/c1-2-17-13(10-16-9-3-8-15-14(16)17)11-4-6-12(7-5-11)18(19)20/h3-10H,2H2,1H3/q+1. The van der Waals surface area contributed by atoms with Gasteiger partial charge < -0.3 is 0 Å². The number of nitrogens with zero attached hydrogens (tertiary/aromatic N) is 4. The Morgan fingerprint density at radius 3 is 2.75 bits per heavy atom. The van der Waals surface area contributed by atoms with Crippen molar-refractivity contribution in [3.63, 3.8) is 0 Å². The molecule has 0 aliphatic carbocycles. The van der Waals surface area contributed by atoms with E-state index in [1.807, 2.05) is 29.8 Å². The van der Waals surface area contributed by atoms with Gasteiger partial charge in [-0.2, -0.15) is 0 Å². The van der Waals surface area contributed by atoms with Crippen LogP contribution in [0.4, 0.5) is 5.69 Å². The molecular weight excluding hydrogens is 256 g/mol. The molecule has 1 aromatic carbocycles. The quantitative estimate of drug-likeness (QED) is 0.416. The Hall–Kier alpha value is -2.76. The first-order valence-electron chi connectivity index (χ1n) is 6.31. The molecule has 3 aromatic rings. The summed E-state index contributed by atoms with van der Waals surface area (Å²) in [5.41, 5.74) is 2.02. The summed E-state index contributed by atoms with van der Waals surface area (Å²) in [5.74, 6) is 0.850. The predicted octanol–water partition coefficient (Wildman–Crippen LogP) is 2.22. The van der Waals surface area contributed by atoms with Crippen molar-refractivity contribution in [2.24, 2.45) is 0 Å². The molecule has 0 atom stereocenters. The Morgan fingerprint density at radius 2 is 2.10 bits per heavy atom. The van der Waals surface area contributed by atoms with E-state index in [9.17, 15) is 10.1 Å². The summed E-state index contributed by atoms with van der Waals surface area (Å²) in [5, 5.41) is 10.7. The van der Waals surface area contributed by atoms with Crippen molar-refractivity contribution in [3.05, 3.63) is 59.0 Å². The van der Waals surface area contributed by atoms with Crippen molar-refractivity contribution < 1.29 is 9.32 Å². The molecule has 0 amide bonds. The molecule has 6 heteroatoms. The molecule has 0 fully saturated rings. The Morgan fingerprint density at radius 1 is 1.35 bits per heavy atom. The van der Waals surface area contributed by atoms with Gasteiger partial charge >= 0.3 is 5.78 Å². The molecule has 0 spiro atoms. The highest BCUT2D eigenvalue weighted by molar-refractivity contribution is 5.62. The Bertz CT molecular complexity index is 777. The van der Waals surface area contributed by atoms with E-state index in [1.54, 1.807) is 18.3 Å². The average molecular weight is 269 g/mol. The third-order valence-corrected chi connectivity index (χ3v) is 3.24. The molecule has 2 heterocycles. The van der Waals surface area contributed by atoms with Gasteiger partial charge in [0, 0.05) is 23.8 Å². The van der Waals surface area contributed by atoms with E-state index in [0.717, 1.165) is 23.6 Å².